The molecule has 1 aliphatic heterocycles. The molecule has 0 radical (unpaired) electrons. The van der Waals surface area contributed by atoms with Crippen LogP contribution in [-0.4, -0.2) is 27.5 Å². The fourth-order valence-electron chi connectivity index (χ4n) is 2.28. The quantitative estimate of drug-likeness (QED) is 0.737. The van der Waals surface area contributed by atoms with Gasteiger partial charge in [-0.15, -0.1) is 0 Å². The van der Waals surface area contributed by atoms with E-state index in [9.17, 15) is 0 Å². The maximum Gasteiger partial charge on any atom is 0.217 e. The number of aromatic nitrogens is 3. The van der Waals surface area contributed by atoms with Crippen molar-refractivity contribution in [3.05, 3.63) is 45.0 Å². The third kappa shape index (κ3) is 2.69. The summed E-state index contributed by atoms with van der Waals surface area (Å²) in [5.41, 5.74) is 0.819. The van der Waals surface area contributed by atoms with E-state index < -0.39 is 5.79 Å². The monoisotopic (exact) mass is 405 g/mol. The maximum atomic E-state index is 6.38. The molecule has 2 atom stereocenters. The van der Waals surface area contributed by atoms with Crippen LogP contribution in [0.15, 0.2) is 30.9 Å². The third-order valence-corrected chi connectivity index (χ3v) is 4.10. The van der Waals surface area contributed by atoms with Crippen LogP contribution in [-0.2, 0) is 21.8 Å². The lowest BCUT2D eigenvalue weighted by Crippen LogP contribution is -2.34. The summed E-state index contributed by atoms with van der Waals surface area (Å²) in [6.07, 6.45) is 3.13. The van der Waals surface area contributed by atoms with E-state index >= 15 is 0 Å². The predicted octanol–water partition coefficient (Wildman–Crippen LogP) is 2.82. The molecule has 0 spiro atoms. The molecular formula is C13H13ClIN3O2. The van der Waals surface area contributed by atoms with E-state index in [1.807, 2.05) is 25.1 Å². The van der Waals surface area contributed by atoms with Crippen molar-refractivity contribution in [3.63, 3.8) is 0 Å². The zero-order chi connectivity index (χ0) is 14.2. The van der Waals surface area contributed by atoms with Gasteiger partial charge in [0.15, 0.2) is 0 Å². The number of hydrogen-bond donors (Lipinski definition) is 0. The first-order valence-electron chi connectivity index (χ1n) is 6.19. The second-order valence-corrected chi connectivity index (χ2v) is 6.36. The fraction of sp³-hybridized carbons (Fsp3) is 0.385. The van der Waals surface area contributed by atoms with Crippen LogP contribution < -0.4 is 0 Å². The molecule has 0 saturated carbocycles. The summed E-state index contributed by atoms with van der Waals surface area (Å²) in [7, 11) is 0. The Bertz CT molecular complexity index is 608. The molecule has 1 saturated heterocycles. The molecule has 20 heavy (non-hydrogen) atoms. The molecule has 7 heteroatoms. The van der Waals surface area contributed by atoms with Crippen LogP contribution in [0.3, 0.4) is 0 Å². The summed E-state index contributed by atoms with van der Waals surface area (Å²) in [6, 6.07) is 5.83. The highest BCUT2D eigenvalue weighted by molar-refractivity contribution is 14.1. The van der Waals surface area contributed by atoms with E-state index in [1.165, 1.54) is 6.33 Å². The van der Waals surface area contributed by atoms with Crippen LogP contribution in [0.25, 0.3) is 0 Å². The normalized spacial score (nSPS) is 26.1. The SMILES string of the molecule is CC1COC(Cn2cncn2)(c2ccc(I)cc2Cl)O1. The molecule has 3 rings (SSSR count). The zero-order valence-corrected chi connectivity index (χ0v) is 13.7. The lowest BCUT2D eigenvalue weighted by molar-refractivity contribution is -0.186. The standard InChI is InChI=1S/C13H13ClIN3O2/c1-9-5-19-13(20-9,6-18-8-16-7-17-18)11-3-2-10(15)4-12(11)14/h2-4,7-9H,5-6H2,1H3. The smallest absolute Gasteiger partial charge is 0.217 e. The van der Waals surface area contributed by atoms with Crippen molar-refractivity contribution in [2.45, 2.75) is 25.4 Å². The number of rotatable bonds is 3. The number of benzene rings is 1. The van der Waals surface area contributed by atoms with E-state index in [1.54, 1.807) is 11.0 Å². The van der Waals surface area contributed by atoms with E-state index in [0.29, 0.717) is 18.2 Å². The number of halogens is 2. The van der Waals surface area contributed by atoms with Gasteiger partial charge < -0.3 is 9.47 Å². The molecule has 1 aliphatic rings. The van der Waals surface area contributed by atoms with E-state index in [-0.39, 0.29) is 6.10 Å². The van der Waals surface area contributed by atoms with Gasteiger partial charge in [-0.05, 0) is 41.6 Å². The number of hydrogen-bond acceptors (Lipinski definition) is 4. The fourth-order valence-corrected chi connectivity index (χ4v) is 3.28. The second-order valence-electron chi connectivity index (χ2n) is 4.71. The van der Waals surface area contributed by atoms with Crippen LogP contribution in [0.5, 0.6) is 0 Å². The largest absolute Gasteiger partial charge is 0.342 e. The molecule has 0 aliphatic carbocycles. The lowest BCUT2D eigenvalue weighted by Gasteiger charge is -2.29. The Balaban J connectivity index is 2.01. The average molecular weight is 406 g/mol. The molecule has 0 N–H and O–H groups in total. The summed E-state index contributed by atoms with van der Waals surface area (Å²) < 4.78 is 14.7. The molecule has 1 fully saturated rings. The minimum absolute atomic E-state index is 0.00821. The lowest BCUT2D eigenvalue weighted by atomic mass is 10.1. The molecule has 2 unspecified atom stereocenters. The molecule has 2 aromatic rings. The minimum atomic E-state index is -0.908. The summed E-state index contributed by atoms with van der Waals surface area (Å²) in [4.78, 5) is 3.95. The molecule has 1 aromatic carbocycles. The zero-order valence-electron chi connectivity index (χ0n) is 10.8. The molecular weight excluding hydrogens is 393 g/mol. The van der Waals surface area contributed by atoms with Crippen LogP contribution in [0.4, 0.5) is 0 Å². The van der Waals surface area contributed by atoms with Gasteiger partial charge in [0.2, 0.25) is 5.79 Å². The Morgan fingerprint density at radius 2 is 2.40 bits per heavy atom. The van der Waals surface area contributed by atoms with Gasteiger partial charge in [-0.25, -0.2) is 9.67 Å². The Morgan fingerprint density at radius 1 is 1.55 bits per heavy atom. The van der Waals surface area contributed by atoms with Crippen molar-refractivity contribution in [1.29, 1.82) is 0 Å². The van der Waals surface area contributed by atoms with Crippen molar-refractivity contribution in [3.8, 4) is 0 Å². The summed E-state index contributed by atoms with van der Waals surface area (Å²) in [5, 5.41) is 4.75. The Labute approximate surface area is 135 Å². The van der Waals surface area contributed by atoms with Crippen molar-refractivity contribution in [2.24, 2.45) is 0 Å². The van der Waals surface area contributed by atoms with Gasteiger partial charge in [-0.1, -0.05) is 17.7 Å². The summed E-state index contributed by atoms with van der Waals surface area (Å²) in [5.74, 6) is -0.908. The summed E-state index contributed by atoms with van der Waals surface area (Å²) >= 11 is 8.60. The second kappa shape index (κ2) is 5.59. The highest BCUT2D eigenvalue weighted by Crippen LogP contribution is 2.39. The molecule has 0 amide bonds. The van der Waals surface area contributed by atoms with Gasteiger partial charge in [0.25, 0.3) is 0 Å². The average Bonchev–Trinajstić information content (AvgIpc) is 3.00. The predicted molar refractivity (Wildman–Crippen MR) is 82.4 cm³/mol. The molecule has 106 valence electrons. The molecule has 0 bridgehead atoms. The van der Waals surface area contributed by atoms with Gasteiger partial charge in [0.05, 0.1) is 17.7 Å². The van der Waals surface area contributed by atoms with E-state index in [0.717, 1.165) is 9.13 Å². The van der Waals surface area contributed by atoms with Gasteiger partial charge in [-0.3, -0.25) is 0 Å². The van der Waals surface area contributed by atoms with Crippen LogP contribution in [0.2, 0.25) is 5.02 Å². The maximum absolute atomic E-state index is 6.38. The van der Waals surface area contributed by atoms with Gasteiger partial charge in [-0.2, -0.15) is 5.10 Å². The van der Waals surface area contributed by atoms with Crippen LogP contribution in [0, 0.1) is 3.57 Å². The molecule has 1 aromatic heterocycles. The number of nitrogens with zero attached hydrogens (tertiary/aromatic N) is 3. The molecule has 5 nitrogen and oxygen atoms in total. The third-order valence-electron chi connectivity index (χ3n) is 3.12. The van der Waals surface area contributed by atoms with Crippen LogP contribution in [0.1, 0.15) is 12.5 Å². The first kappa shape index (κ1) is 14.2. The van der Waals surface area contributed by atoms with Gasteiger partial charge >= 0.3 is 0 Å². The first-order valence-corrected chi connectivity index (χ1v) is 7.64. The highest BCUT2D eigenvalue weighted by Gasteiger charge is 2.44. The van der Waals surface area contributed by atoms with Gasteiger partial charge in [0.1, 0.15) is 19.2 Å². The van der Waals surface area contributed by atoms with Crippen molar-refractivity contribution in [1.82, 2.24) is 14.8 Å². The van der Waals surface area contributed by atoms with Crippen LogP contribution >= 0.6 is 34.2 Å². The molecule has 2 heterocycles. The Hall–Kier alpha value is -0.700. The Morgan fingerprint density at radius 3 is 3.00 bits per heavy atom. The van der Waals surface area contributed by atoms with Crippen molar-refractivity contribution >= 4 is 34.2 Å². The Kier molecular flexibility index (Phi) is 3.98. The minimum Gasteiger partial charge on any atom is -0.342 e. The first-order chi connectivity index (χ1) is 9.59. The van der Waals surface area contributed by atoms with Gasteiger partial charge in [0, 0.05) is 9.13 Å². The summed E-state index contributed by atoms with van der Waals surface area (Å²) in [6.45, 7) is 2.92. The van der Waals surface area contributed by atoms with Crippen molar-refractivity contribution < 1.29 is 9.47 Å². The topological polar surface area (TPSA) is 49.2 Å². The van der Waals surface area contributed by atoms with E-state index in [4.69, 9.17) is 21.1 Å². The van der Waals surface area contributed by atoms with Crippen molar-refractivity contribution in [2.75, 3.05) is 6.61 Å². The number of ether oxygens (including phenoxy) is 2. The van der Waals surface area contributed by atoms with E-state index in [2.05, 4.69) is 32.7 Å². The highest BCUT2D eigenvalue weighted by atomic mass is 127.